The van der Waals surface area contributed by atoms with E-state index in [1.807, 2.05) is 66.4 Å². The fourth-order valence-corrected chi connectivity index (χ4v) is 4.91. The van der Waals surface area contributed by atoms with Gasteiger partial charge in [0.2, 0.25) is 11.0 Å². The van der Waals surface area contributed by atoms with Crippen LogP contribution in [0.1, 0.15) is 15.9 Å². The first-order valence-electron chi connectivity index (χ1n) is 10.0. The first-order valence-corrected chi connectivity index (χ1v) is 11.8. The summed E-state index contributed by atoms with van der Waals surface area (Å²) in [6.45, 7) is 4.73. The van der Waals surface area contributed by atoms with Gasteiger partial charge in [-0.05, 0) is 31.2 Å². The van der Waals surface area contributed by atoms with E-state index in [1.165, 1.54) is 23.1 Å². The van der Waals surface area contributed by atoms with Crippen molar-refractivity contribution in [3.8, 4) is 0 Å². The molecule has 2 amide bonds. The number of anilines is 2. The summed E-state index contributed by atoms with van der Waals surface area (Å²) in [5.41, 5.74) is 2.65. The summed E-state index contributed by atoms with van der Waals surface area (Å²) in [6.07, 6.45) is 0. The molecule has 1 fully saturated rings. The number of aryl methyl sites for hydroxylation is 1. The zero-order valence-corrected chi connectivity index (χ0v) is 18.8. The van der Waals surface area contributed by atoms with Crippen molar-refractivity contribution in [3.63, 3.8) is 0 Å². The first kappa shape index (κ1) is 21.3. The molecule has 31 heavy (non-hydrogen) atoms. The maximum Gasteiger partial charge on any atom is 0.253 e. The van der Waals surface area contributed by atoms with Crippen molar-refractivity contribution in [3.05, 3.63) is 65.7 Å². The zero-order valence-electron chi connectivity index (χ0n) is 17.2. The summed E-state index contributed by atoms with van der Waals surface area (Å²) >= 11 is 2.86. The highest BCUT2D eigenvalue weighted by molar-refractivity contribution is 8.01. The van der Waals surface area contributed by atoms with E-state index < -0.39 is 0 Å². The highest BCUT2D eigenvalue weighted by Crippen LogP contribution is 2.29. The van der Waals surface area contributed by atoms with Crippen molar-refractivity contribution in [1.82, 2.24) is 15.1 Å². The minimum Gasteiger partial charge on any atom is -0.343 e. The molecule has 7 nitrogen and oxygen atoms in total. The Labute approximate surface area is 189 Å². The van der Waals surface area contributed by atoms with Crippen LogP contribution in [0.15, 0.2) is 58.9 Å². The van der Waals surface area contributed by atoms with E-state index in [4.69, 9.17) is 0 Å². The molecule has 0 spiro atoms. The summed E-state index contributed by atoms with van der Waals surface area (Å²) in [7, 11) is 0. The summed E-state index contributed by atoms with van der Waals surface area (Å²) in [5.74, 6) is 0.274. The summed E-state index contributed by atoms with van der Waals surface area (Å²) in [6, 6.07) is 17.1. The minimum absolute atomic E-state index is 0.0672. The summed E-state index contributed by atoms with van der Waals surface area (Å²) < 4.78 is 0.761. The maximum atomic E-state index is 12.7. The second-order valence-corrected chi connectivity index (χ2v) is 9.38. The van der Waals surface area contributed by atoms with E-state index in [0.29, 0.717) is 26.2 Å². The topological polar surface area (TPSA) is 78.4 Å². The molecule has 1 aromatic heterocycles. The molecule has 0 atom stereocenters. The predicted molar refractivity (Wildman–Crippen MR) is 125 cm³/mol. The number of thioether (sulfide) groups is 1. The minimum atomic E-state index is -0.0730. The van der Waals surface area contributed by atoms with Gasteiger partial charge in [0.25, 0.3) is 5.91 Å². The maximum absolute atomic E-state index is 12.7. The number of amides is 2. The molecule has 160 valence electrons. The van der Waals surface area contributed by atoms with E-state index in [0.717, 1.165) is 26.3 Å². The highest BCUT2D eigenvalue weighted by Gasteiger charge is 2.24. The number of rotatable bonds is 6. The van der Waals surface area contributed by atoms with E-state index >= 15 is 0 Å². The van der Waals surface area contributed by atoms with Gasteiger partial charge in [-0.3, -0.25) is 9.59 Å². The summed E-state index contributed by atoms with van der Waals surface area (Å²) in [4.78, 5) is 28.8. The third-order valence-electron chi connectivity index (χ3n) is 4.92. The van der Waals surface area contributed by atoms with Gasteiger partial charge in [0.05, 0.1) is 5.75 Å². The Morgan fingerprint density at radius 1 is 1.00 bits per heavy atom. The Kier molecular flexibility index (Phi) is 6.83. The van der Waals surface area contributed by atoms with Crippen molar-refractivity contribution < 1.29 is 9.59 Å². The number of hydrogen-bond acceptors (Lipinski definition) is 7. The number of para-hydroxylation sites is 1. The van der Waals surface area contributed by atoms with Crippen LogP contribution in [0.25, 0.3) is 0 Å². The third kappa shape index (κ3) is 5.62. The molecule has 2 aromatic carbocycles. The van der Waals surface area contributed by atoms with Crippen LogP contribution in [0.3, 0.4) is 0 Å². The number of piperazine rings is 1. The van der Waals surface area contributed by atoms with Crippen molar-refractivity contribution in [2.45, 2.75) is 11.3 Å². The third-order valence-corrected chi connectivity index (χ3v) is 7.03. The van der Waals surface area contributed by atoms with E-state index in [9.17, 15) is 9.59 Å². The van der Waals surface area contributed by atoms with Crippen molar-refractivity contribution in [2.24, 2.45) is 0 Å². The number of carbonyl (C=O) groups excluding carboxylic acids is 2. The van der Waals surface area contributed by atoms with E-state index in [1.54, 1.807) is 0 Å². The van der Waals surface area contributed by atoms with Crippen LogP contribution in [0.5, 0.6) is 0 Å². The highest BCUT2D eigenvalue weighted by atomic mass is 32.2. The van der Waals surface area contributed by atoms with Gasteiger partial charge >= 0.3 is 0 Å². The number of benzene rings is 2. The lowest BCUT2D eigenvalue weighted by Crippen LogP contribution is -2.48. The van der Waals surface area contributed by atoms with Gasteiger partial charge in [-0.1, -0.05) is 59.0 Å². The van der Waals surface area contributed by atoms with E-state index in [-0.39, 0.29) is 17.6 Å². The molecule has 1 saturated heterocycles. The van der Waals surface area contributed by atoms with Crippen molar-refractivity contribution in [1.29, 1.82) is 0 Å². The van der Waals surface area contributed by atoms with Crippen LogP contribution in [0.4, 0.5) is 10.8 Å². The van der Waals surface area contributed by atoms with Gasteiger partial charge in [0.1, 0.15) is 0 Å². The van der Waals surface area contributed by atoms with Gasteiger partial charge in [-0.15, -0.1) is 10.2 Å². The Hall–Kier alpha value is -2.91. The van der Waals surface area contributed by atoms with Crippen LogP contribution in [-0.4, -0.2) is 58.8 Å². The quantitative estimate of drug-likeness (QED) is 0.575. The molecule has 9 heteroatoms. The van der Waals surface area contributed by atoms with Crippen LogP contribution in [0.2, 0.25) is 0 Å². The monoisotopic (exact) mass is 453 g/mol. The molecule has 0 saturated carbocycles. The second-order valence-electron chi connectivity index (χ2n) is 7.20. The molecular formula is C22H23N5O2S2. The van der Waals surface area contributed by atoms with Gasteiger partial charge in [0, 0.05) is 37.4 Å². The lowest BCUT2D eigenvalue weighted by Gasteiger charge is -2.34. The van der Waals surface area contributed by atoms with Gasteiger partial charge in [-0.2, -0.15) is 0 Å². The number of nitrogens with zero attached hydrogens (tertiary/aromatic N) is 4. The lowest BCUT2D eigenvalue weighted by molar-refractivity contribution is -0.113. The molecular weight excluding hydrogens is 430 g/mol. The molecule has 0 radical (unpaired) electrons. The van der Waals surface area contributed by atoms with Crippen molar-refractivity contribution in [2.75, 3.05) is 42.1 Å². The van der Waals surface area contributed by atoms with Gasteiger partial charge in [0.15, 0.2) is 4.34 Å². The lowest BCUT2D eigenvalue weighted by atomic mass is 10.1. The van der Waals surface area contributed by atoms with Crippen LogP contribution >= 0.6 is 23.1 Å². The number of carbonyl (C=O) groups is 2. The Balaban J connectivity index is 1.25. The van der Waals surface area contributed by atoms with Gasteiger partial charge in [-0.25, -0.2) is 0 Å². The molecule has 0 unspecified atom stereocenters. The fourth-order valence-electron chi connectivity index (χ4n) is 3.21. The average Bonchev–Trinajstić information content (AvgIpc) is 3.28. The Morgan fingerprint density at radius 3 is 2.42 bits per heavy atom. The van der Waals surface area contributed by atoms with E-state index in [2.05, 4.69) is 20.4 Å². The SMILES string of the molecule is Cc1ccc(C(=O)N2CCN(c3nnc(SCC(=O)Nc4ccccc4)s3)CC2)cc1. The number of hydrogen-bond donors (Lipinski definition) is 1. The molecule has 4 rings (SSSR count). The second kappa shape index (κ2) is 9.93. The zero-order chi connectivity index (χ0) is 21.6. The molecule has 0 aliphatic carbocycles. The summed E-state index contributed by atoms with van der Waals surface area (Å²) in [5, 5.41) is 12.2. The molecule has 2 heterocycles. The predicted octanol–water partition coefficient (Wildman–Crippen LogP) is 3.54. The molecule has 1 N–H and O–H groups in total. The fraction of sp³-hybridized carbons (Fsp3) is 0.273. The Bertz CT molecular complexity index is 1030. The first-order chi connectivity index (χ1) is 15.1. The molecule has 1 aliphatic heterocycles. The molecule has 3 aromatic rings. The normalized spacial score (nSPS) is 13.8. The standard InChI is InChI=1S/C22H23N5O2S2/c1-16-7-9-17(10-8-16)20(29)26-11-13-27(14-12-26)21-24-25-22(31-21)30-15-19(28)23-18-5-3-2-4-6-18/h2-10H,11-15H2,1H3,(H,23,28). The number of aromatic nitrogens is 2. The Morgan fingerprint density at radius 2 is 1.71 bits per heavy atom. The largest absolute Gasteiger partial charge is 0.343 e. The molecule has 0 bridgehead atoms. The van der Waals surface area contributed by atoms with Crippen LogP contribution in [-0.2, 0) is 4.79 Å². The molecule has 1 aliphatic rings. The van der Waals surface area contributed by atoms with Crippen molar-refractivity contribution >= 4 is 45.7 Å². The van der Waals surface area contributed by atoms with Gasteiger partial charge < -0.3 is 15.1 Å². The number of nitrogens with one attached hydrogen (secondary N) is 1. The average molecular weight is 454 g/mol. The van der Waals surface area contributed by atoms with Crippen LogP contribution < -0.4 is 10.2 Å². The van der Waals surface area contributed by atoms with Crippen LogP contribution in [0, 0.1) is 6.92 Å². The smallest absolute Gasteiger partial charge is 0.253 e.